The smallest absolute Gasteiger partial charge is 0.0809 e. The van der Waals surface area contributed by atoms with Crippen LogP contribution >= 0.6 is 0 Å². The molecule has 0 spiro atoms. The van der Waals surface area contributed by atoms with Crippen molar-refractivity contribution in [3.63, 3.8) is 0 Å². The minimum Gasteiger partial charge on any atom is -0.392 e. The second-order valence-corrected chi connectivity index (χ2v) is 5.15. The van der Waals surface area contributed by atoms with Crippen LogP contribution in [0.25, 0.3) is 0 Å². The summed E-state index contributed by atoms with van der Waals surface area (Å²) in [5.41, 5.74) is 0.0125. The second-order valence-electron chi connectivity index (χ2n) is 5.15. The van der Waals surface area contributed by atoms with Crippen molar-refractivity contribution in [1.29, 1.82) is 0 Å². The summed E-state index contributed by atoms with van der Waals surface area (Å²) < 4.78 is 11.5. The molecule has 0 aromatic heterocycles. The lowest BCUT2D eigenvalue weighted by Gasteiger charge is -2.53. The van der Waals surface area contributed by atoms with Gasteiger partial charge in [0, 0.05) is 18.4 Å². The molecule has 16 heavy (non-hydrogen) atoms. The molecule has 0 radical (unpaired) electrons. The Hall–Kier alpha value is -0.120. The van der Waals surface area contributed by atoms with Gasteiger partial charge in [-0.3, -0.25) is 0 Å². The highest BCUT2D eigenvalue weighted by Gasteiger charge is 2.52. The molecule has 1 aliphatic heterocycles. The lowest BCUT2D eigenvalue weighted by atomic mass is 9.60. The third kappa shape index (κ3) is 2.01. The number of rotatable bonds is 5. The van der Waals surface area contributed by atoms with Crippen molar-refractivity contribution in [3.05, 3.63) is 0 Å². The van der Waals surface area contributed by atoms with Crippen LogP contribution in [0.2, 0.25) is 0 Å². The van der Waals surface area contributed by atoms with Crippen molar-refractivity contribution < 1.29 is 14.6 Å². The molecule has 0 aromatic carbocycles. The lowest BCUT2D eigenvalue weighted by molar-refractivity contribution is -0.204. The third-order valence-corrected chi connectivity index (χ3v) is 4.57. The summed E-state index contributed by atoms with van der Waals surface area (Å²) in [4.78, 5) is 0. The summed E-state index contributed by atoms with van der Waals surface area (Å²) in [5.74, 6) is 0. The van der Waals surface area contributed by atoms with E-state index in [9.17, 15) is 5.11 Å². The molecular formula is C13H24O3. The summed E-state index contributed by atoms with van der Waals surface area (Å²) >= 11 is 0. The third-order valence-electron chi connectivity index (χ3n) is 4.57. The minimum absolute atomic E-state index is 0.0125. The zero-order valence-corrected chi connectivity index (χ0v) is 10.4. The van der Waals surface area contributed by atoms with Gasteiger partial charge in [0.2, 0.25) is 0 Å². The van der Waals surface area contributed by atoms with E-state index in [0.717, 1.165) is 38.7 Å². The first-order valence-electron chi connectivity index (χ1n) is 6.64. The van der Waals surface area contributed by atoms with Crippen LogP contribution in [0.3, 0.4) is 0 Å². The number of ether oxygens (including phenoxy) is 2. The zero-order chi connectivity index (χ0) is 11.6. The molecule has 1 saturated heterocycles. The van der Waals surface area contributed by atoms with Crippen molar-refractivity contribution >= 4 is 0 Å². The van der Waals surface area contributed by atoms with E-state index in [1.54, 1.807) is 0 Å². The van der Waals surface area contributed by atoms with Crippen LogP contribution in [-0.4, -0.2) is 36.6 Å². The first kappa shape index (κ1) is 12.3. The molecule has 3 nitrogen and oxygen atoms in total. The standard InChI is InChI=1S/C13H24O3/c1-3-13(4-2)11(14)8-12(13)16-9-10-6-5-7-15-10/h10-12,14H,3-9H2,1-2H3. The molecule has 0 aromatic rings. The van der Waals surface area contributed by atoms with Crippen LogP contribution in [0.5, 0.6) is 0 Å². The fourth-order valence-electron chi connectivity index (χ4n) is 3.14. The SMILES string of the molecule is CCC1(CC)C(O)CC1OCC1CCCO1. The number of hydrogen-bond acceptors (Lipinski definition) is 3. The normalized spacial score (nSPS) is 37.3. The molecule has 3 atom stereocenters. The molecule has 94 valence electrons. The van der Waals surface area contributed by atoms with E-state index in [1.165, 1.54) is 0 Å². The van der Waals surface area contributed by atoms with E-state index in [4.69, 9.17) is 9.47 Å². The zero-order valence-electron chi connectivity index (χ0n) is 10.4. The molecule has 2 rings (SSSR count). The van der Waals surface area contributed by atoms with Crippen LogP contribution < -0.4 is 0 Å². The highest BCUT2D eigenvalue weighted by molar-refractivity contribution is 5.02. The van der Waals surface area contributed by atoms with E-state index in [2.05, 4.69) is 13.8 Å². The van der Waals surface area contributed by atoms with E-state index in [0.29, 0.717) is 12.7 Å². The first-order valence-corrected chi connectivity index (χ1v) is 6.64. The predicted molar refractivity (Wildman–Crippen MR) is 62.4 cm³/mol. The Morgan fingerprint density at radius 1 is 1.38 bits per heavy atom. The molecule has 2 aliphatic rings. The van der Waals surface area contributed by atoms with Gasteiger partial charge in [-0.05, 0) is 25.7 Å². The molecule has 3 unspecified atom stereocenters. The molecule has 1 heterocycles. The quantitative estimate of drug-likeness (QED) is 0.783. The van der Waals surface area contributed by atoms with Crippen molar-refractivity contribution in [3.8, 4) is 0 Å². The first-order chi connectivity index (χ1) is 7.73. The van der Waals surface area contributed by atoms with Gasteiger partial charge >= 0.3 is 0 Å². The Kier molecular flexibility index (Phi) is 3.88. The van der Waals surface area contributed by atoms with Crippen LogP contribution in [0.4, 0.5) is 0 Å². The van der Waals surface area contributed by atoms with Gasteiger partial charge in [-0.1, -0.05) is 13.8 Å². The molecule has 2 fully saturated rings. The van der Waals surface area contributed by atoms with Crippen LogP contribution in [0.15, 0.2) is 0 Å². The highest BCUT2D eigenvalue weighted by Crippen LogP contribution is 2.48. The van der Waals surface area contributed by atoms with Gasteiger partial charge in [0.25, 0.3) is 0 Å². The van der Waals surface area contributed by atoms with Crippen molar-refractivity contribution in [2.75, 3.05) is 13.2 Å². The Balaban J connectivity index is 1.81. The molecule has 0 amide bonds. The Morgan fingerprint density at radius 2 is 2.12 bits per heavy atom. The van der Waals surface area contributed by atoms with Gasteiger partial charge < -0.3 is 14.6 Å². The summed E-state index contributed by atoms with van der Waals surface area (Å²) in [7, 11) is 0. The van der Waals surface area contributed by atoms with Gasteiger partial charge in [-0.15, -0.1) is 0 Å². The maximum Gasteiger partial charge on any atom is 0.0809 e. The molecule has 1 N–H and O–H groups in total. The summed E-state index contributed by atoms with van der Waals surface area (Å²) in [5, 5.41) is 9.91. The van der Waals surface area contributed by atoms with Crippen LogP contribution in [0.1, 0.15) is 46.0 Å². The van der Waals surface area contributed by atoms with Gasteiger partial charge in [-0.25, -0.2) is 0 Å². The maximum absolute atomic E-state index is 9.91. The molecule has 1 saturated carbocycles. The van der Waals surface area contributed by atoms with Crippen LogP contribution in [-0.2, 0) is 9.47 Å². The maximum atomic E-state index is 9.91. The van der Waals surface area contributed by atoms with E-state index < -0.39 is 0 Å². The largest absolute Gasteiger partial charge is 0.392 e. The van der Waals surface area contributed by atoms with Crippen molar-refractivity contribution in [2.24, 2.45) is 5.41 Å². The average Bonchev–Trinajstić information content (AvgIpc) is 2.78. The number of aliphatic hydroxyl groups excluding tert-OH is 1. The second kappa shape index (κ2) is 5.03. The van der Waals surface area contributed by atoms with Crippen molar-refractivity contribution in [1.82, 2.24) is 0 Å². The fourth-order valence-corrected chi connectivity index (χ4v) is 3.14. The van der Waals surface area contributed by atoms with Gasteiger partial charge in [-0.2, -0.15) is 0 Å². The summed E-state index contributed by atoms with van der Waals surface area (Å²) in [6.07, 6.45) is 5.45. The van der Waals surface area contributed by atoms with Gasteiger partial charge in [0.15, 0.2) is 0 Å². The highest BCUT2D eigenvalue weighted by atomic mass is 16.5. The number of hydrogen-bond donors (Lipinski definition) is 1. The van der Waals surface area contributed by atoms with E-state index in [-0.39, 0.29) is 17.6 Å². The average molecular weight is 228 g/mol. The monoisotopic (exact) mass is 228 g/mol. The molecule has 1 aliphatic carbocycles. The predicted octanol–water partition coefficient (Wildman–Crippen LogP) is 2.12. The van der Waals surface area contributed by atoms with Crippen molar-refractivity contribution in [2.45, 2.75) is 64.3 Å². The summed E-state index contributed by atoms with van der Waals surface area (Å²) in [6.45, 7) is 5.88. The summed E-state index contributed by atoms with van der Waals surface area (Å²) in [6, 6.07) is 0. The Morgan fingerprint density at radius 3 is 2.62 bits per heavy atom. The van der Waals surface area contributed by atoms with Gasteiger partial charge in [0.05, 0.1) is 24.9 Å². The number of aliphatic hydroxyl groups is 1. The molecule has 3 heteroatoms. The topological polar surface area (TPSA) is 38.7 Å². The Labute approximate surface area is 98.1 Å². The van der Waals surface area contributed by atoms with E-state index in [1.807, 2.05) is 0 Å². The lowest BCUT2D eigenvalue weighted by Crippen LogP contribution is -2.58. The van der Waals surface area contributed by atoms with Crippen LogP contribution in [0, 0.1) is 5.41 Å². The Bertz CT molecular complexity index is 219. The molecular weight excluding hydrogens is 204 g/mol. The van der Waals surface area contributed by atoms with E-state index >= 15 is 0 Å². The molecule has 0 bridgehead atoms. The van der Waals surface area contributed by atoms with Gasteiger partial charge in [0.1, 0.15) is 0 Å². The minimum atomic E-state index is -0.169. The fraction of sp³-hybridized carbons (Fsp3) is 1.00.